The van der Waals surface area contributed by atoms with Crippen molar-refractivity contribution < 1.29 is 9.21 Å². The summed E-state index contributed by atoms with van der Waals surface area (Å²) in [6.07, 6.45) is 6.55. The van der Waals surface area contributed by atoms with Crippen molar-refractivity contribution >= 4 is 22.8 Å². The summed E-state index contributed by atoms with van der Waals surface area (Å²) in [7, 11) is 0. The molecule has 0 saturated carbocycles. The van der Waals surface area contributed by atoms with E-state index in [2.05, 4.69) is 20.1 Å². The van der Waals surface area contributed by atoms with Crippen LogP contribution in [0.25, 0.3) is 11.0 Å². The van der Waals surface area contributed by atoms with Gasteiger partial charge < -0.3 is 19.5 Å². The Kier molecular flexibility index (Phi) is 3.66. The summed E-state index contributed by atoms with van der Waals surface area (Å²) in [5.41, 5.74) is 1.20. The summed E-state index contributed by atoms with van der Waals surface area (Å²) in [6, 6.07) is 4.07. The SMILES string of the molecule is O=C(NC1CN2CCC1CC2)c1cc2oc(N3CCCC3)cc2cn1. The number of piperidine rings is 3. The van der Waals surface area contributed by atoms with Gasteiger partial charge in [0.05, 0.1) is 0 Å². The van der Waals surface area contributed by atoms with Crippen LogP contribution < -0.4 is 10.2 Å². The highest BCUT2D eigenvalue weighted by molar-refractivity contribution is 5.95. The lowest BCUT2D eigenvalue weighted by Gasteiger charge is -2.44. The number of hydrogen-bond donors (Lipinski definition) is 1. The van der Waals surface area contributed by atoms with Crippen LogP contribution in [-0.2, 0) is 0 Å². The molecule has 0 radical (unpaired) electrons. The Hall–Kier alpha value is -2.08. The number of hydrogen-bond acceptors (Lipinski definition) is 5. The van der Waals surface area contributed by atoms with E-state index in [0.717, 1.165) is 36.5 Å². The van der Waals surface area contributed by atoms with E-state index in [1.165, 1.54) is 38.8 Å². The summed E-state index contributed by atoms with van der Waals surface area (Å²) in [4.78, 5) is 21.7. The van der Waals surface area contributed by atoms with Crippen LogP contribution in [0.5, 0.6) is 0 Å². The third-order valence-corrected chi connectivity index (χ3v) is 6.01. The van der Waals surface area contributed by atoms with Crippen molar-refractivity contribution in [2.75, 3.05) is 37.6 Å². The molecule has 0 aliphatic carbocycles. The monoisotopic (exact) mass is 340 g/mol. The summed E-state index contributed by atoms with van der Waals surface area (Å²) >= 11 is 0. The zero-order valence-electron chi connectivity index (χ0n) is 14.4. The molecule has 4 saturated heterocycles. The third kappa shape index (κ3) is 2.78. The molecule has 132 valence electrons. The fourth-order valence-electron chi connectivity index (χ4n) is 4.51. The second-order valence-corrected chi connectivity index (χ2v) is 7.60. The van der Waals surface area contributed by atoms with E-state index in [0.29, 0.717) is 11.6 Å². The number of furan rings is 1. The van der Waals surface area contributed by atoms with Crippen molar-refractivity contribution in [1.82, 2.24) is 15.2 Å². The van der Waals surface area contributed by atoms with Crippen LogP contribution in [0.2, 0.25) is 0 Å². The fourth-order valence-corrected chi connectivity index (χ4v) is 4.51. The van der Waals surface area contributed by atoms with Crippen molar-refractivity contribution in [3.05, 3.63) is 24.0 Å². The number of fused-ring (bicyclic) bond motifs is 4. The lowest BCUT2D eigenvalue weighted by molar-refractivity contribution is 0.0618. The highest BCUT2D eigenvalue weighted by Gasteiger charge is 2.35. The van der Waals surface area contributed by atoms with E-state index in [1.807, 2.05) is 6.07 Å². The number of carbonyl (C=O) groups is 1. The van der Waals surface area contributed by atoms with E-state index in [4.69, 9.17) is 4.42 Å². The molecule has 0 aromatic carbocycles. The highest BCUT2D eigenvalue weighted by Crippen LogP contribution is 2.29. The molecule has 4 aliphatic rings. The Bertz CT molecular complexity index is 788. The molecule has 4 aliphatic heterocycles. The highest BCUT2D eigenvalue weighted by atomic mass is 16.4. The van der Waals surface area contributed by atoms with Crippen LogP contribution in [0.4, 0.5) is 5.88 Å². The Morgan fingerprint density at radius 2 is 1.96 bits per heavy atom. The molecule has 0 spiro atoms. The smallest absolute Gasteiger partial charge is 0.270 e. The maximum Gasteiger partial charge on any atom is 0.270 e. The van der Waals surface area contributed by atoms with Gasteiger partial charge in [0.15, 0.2) is 5.88 Å². The number of carbonyl (C=O) groups excluding carboxylic acids is 1. The van der Waals surface area contributed by atoms with Crippen molar-refractivity contribution in [3.63, 3.8) is 0 Å². The van der Waals surface area contributed by atoms with Gasteiger partial charge in [-0.05, 0) is 44.7 Å². The van der Waals surface area contributed by atoms with E-state index in [9.17, 15) is 4.79 Å². The predicted molar refractivity (Wildman–Crippen MR) is 95.9 cm³/mol. The first-order valence-electron chi connectivity index (χ1n) is 9.44. The number of anilines is 1. The fraction of sp³-hybridized carbons (Fsp3) is 0.579. The minimum absolute atomic E-state index is 0.0835. The maximum absolute atomic E-state index is 12.7. The lowest BCUT2D eigenvalue weighted by atomic mass is 9.84. The van der Waals surface area contributed by atoms with Crippen LogP contribution in [0.1, 0.15) is 36.2 Å². The van der Waals surface area contributed by atoms with Crippen molar-refractivity contribution in [1.29, 1.82) is 0 Å². The normalized spacial score (nSPS) is 28.6. The van der Waals surface area contributed by atoms with Gasteiger partial charge in [0.1, 0.15) is 11.3 Å². The van der Waals surface area contributed by atoms with Crippen LogP contribution in [-0.4, -0.2) is 54.6 Å². The molecule has 4 fully saturated rings. The van der Waals surface area contributed by atoms with E-state index in [-0.39, 0.29) is 11.9 Å². The topological polar surface area (TPSA) is 61.6 Å². The molecule has 2 bridgehead atoms. The third-order valence-electron chi connectivity index (χ3n) is 6.01. The number of aromatic nitrogens is 1. The number of rotatable bonds is 3. The van der Waals surface area contributed by atoms with Gasteiger partial charge in [0.2, 0.25) is 0 Å². The second kappa shape index (κ2) is 6.02. The Balaban J connectivity index is 1.34. The number of amides is 1. The van der Waals surface area contributed by atoms with Gasteiger partial charge in [-0.2, -0.15) is 0 Å². The average Bonchev–Trinajstić information content (AvgIpc) is 3.31. The maximum atomic E-state index is 12.7. The van der Waals surface area contributed by atoms with Gasteiger partial charge in [-0.1, -0.05) is 0 Å². The average molecular weight is 340 g/mol. The first kappa shape index (κ1) is 15.2. The Morgan fingerprint density at radius 1 is 1.16 bits per heavy atom. The van der Waals surface area contributed by atoms with Crippen LogP contribution in [0, 0.1) is 5.92 Å². The molecule has 2 aromatic heterocycles. The van der Waals surface area contributed by atoms with Crippen LogP contribution >= 0.6 is 0 Å². The van der Waals surface area contributed by atoms with Crippen molar-refractivity contribution in [3.8, 4) is 0 Å². The largest absolute Gasteiger partial charge is 0.440 e. The molecular formula is C19H24N4O2. The molecule has 6 heteroatoms. The minimum atomic E-state index is -0.0835. The van der Waals surface area contributed by atoms with Gasteiger partial charge >= 0.3 is 0 Å². The van der Waals surface area contributed by atoms with Crippen LogP contribution in [0.3, 0.4) is 0 Å². The van der Waals surface area contributed by atoms with Gasteiger partial charge in [-0.3, -0.25) is 9.78 Å². The molecule has 6 nitrogen and oxygen atoms in total. The van der Waals surface area contributed by atoms with E-state index in [1.54, 1.807) is 12.3 Å². The van der Waals surface area contributed by atoms with Crippen molar-refractivity contribution in [2.24, 2.45) is 5.92 Å². The first-order chi connectivity index (χ1) is 12.3. The Labute approximate surface area is 147 Å². The molecule has 1 atom stereocenters. The summed E-state index contributed by atoms with van der Waals surface area (Å²) in [5.74, 6) is 1.42. The van der Waals surface area contributed by atoms with Gasteiger partial charge in [-0.15, -0.1) is 0 Å². The first-order valence-corrected chi connectivity index (χ1v) is 9.44. The zero-order valence-corrected chi connectivity index (χ0v) is 14.4. The van der Waals surface area contributed by atoms with Gasteiger partial charge in [0, 0.05) is 49.4 Å². The molecule has 1 N–H and O–H groups in total. The molecule has 6 rings (SSSR count). The van der Waals surface area contributed by atoms with Crippen LogP contribution in [0.15, 0.2) is 22.7 Å². The number of nitrogens with zero attached hydrogens (tertiary/aromatic N) is 3. The zero-order chi connectivity index (χ0) is 16.8. The van der Waals surface area contributed by atoms with Gasteiger partial charge in [0.25, 0.3) is 5.91 Å². The number of nitrogens with one attached hydrogen (secondary N) is 1. The van der Waals surface area contributed by atoms with E-state index < -0.39 is 0 Å². The summed E-state index contributed by atoms with van der Waals surface area (Å²) in [6.45, 7) is 5.40. The molecule has 2 aromatic rings. The van der Waals surface area contributed by atoms with E-state index >= 15 is 0 Å². The molecule has 25 heavy (non-hydrogen) atoms. The molecular weight excluding hydrogens is 316 g/mol. The molecule has 6 heterocycles. The predicted octanol–water partition coefficient (Wildman–Crippen LogP) is 2.25. The summed E-state index contributed by atoms with van der Waals surface area (Å²) in [5, 5.41) is 4.16. The molecule has 1 unspecified atom stereocenters. The standard InChI is InChI=1S/C19H24N4O2/c24-19(21-16-12-22-7-3-13(16)4-8-22)15-10-17-14(11-20-15)9-18(25-17)23-5-1-2-6-23/h9-11,13,16H,1-8,12H2,(H,21,24). The lowest BCUT2D eigenvalue weighted by Crippen LogP contribution is -2.57. The Morgan fingerprint density at radius 3 is 2.68 bits per heavy atom. The quantitative estimate of drug-likeness (QED) is 0.929. The molecule has 1 amide bonds. The number of pyridine rings is 1. The summed E-state index contributed by atoms with van der Waals surface area (Å²) < 4.78 is 5.98. The minimum Gasteiger partial charge on any atom is -0.440 e. The van der Waals surface area contributed by atoms with Gasteiger partial charge in [-0.25, -0.2) is 0 Å². The second-order valence-electron chi connectivity index (χ2n) is 7.60. The van der Waals surface area contributed by atoms with Crippen molar-refractivity contribution in [2.45, 2.75) is 31.7 Å².